The number of unbranched alkanes of at least 4 members (excludes halogenated alkanes) is 3. The first kappa shape index (κ1) is 11.2. The van der Waals surface area contributed by atoms with Gasteiger partial charge in [0.15, 0.2) is 0 Å². The number of hydrogen-bond acceptors (Lipinski definition) is 2. The summed E-state index contributed by atoms with van der Waals surface area (Å²) in [5, 5.41) is 11.3. The molecular formula is C8H16BNO2. The molecule has 0 saturated carbocycles. The van der Waals surface area contributed by atoms with Crippen molar-refractivity contribution in [3.8, 4) is 0 Å². The second-order valence-electron chi connectivity index (χ2n) is 2.72. The predicted octanol–water partition coefficient (Wildman–Crippen LogP) is 0.272. The van der Waals surface area contributed by atoms with Crippen molar-refractivity contribution in [1.82, 2.24) is 5.32 Å². The van der Waals surface area contributed by atoms with Crippen LogP contribution in [0.4, 0.5) is 0 Å². The summed E-state index contributed by atoms with van der Waals surface area (Å²) in [5.41, 5.74) is 0. The van der Waals surface area contributed by atoms with E-state index in [1.165, 1.54) is 0 Å². The quantitative estimate of drug-likeness (QED) is 0.405. The number of carboxylic acids is 1. The Kier molecular flexibility index (Phi) is 7.75. The molecule has 4 heteroatoms. The van der Waals surface area contributed by atoms with Crippen LogP contribution in [0, 0.1) is 0 Å². The Hall–Kier alpha value is -0.795. The summed E-state index contributed by atoms with van der Waals surface area (Å²) in [6, 6.07) is 0. The molecular weight excluding hydrogens is 153 g/mol. The number of rotatable bonds is 8. The second-order valence-corrected chi connectivity index (χ2v) is 2.72. The van der Waals surface area contributed by atoms with E-state index >= 15 is 0 Å². The summed E-state index contributed by atoms with van der Waals surface area (Å²) in [7, 11) is 3.53. The van der Waals surface area contributed by atoms with Crippen LogP contribution in [0.3, 0.4) is 0 Å². The van der Waals surface area contributed by atoms with Crippen molar-refractivity contribution < 1.29 is 9.90 Å². The van der Waals surface area contributed by atoms with Gasteiger partial charge in [-0.05, 0) is 0 Å². The van der Waals surface area contributed by atoms with Crippen molar-refractivity contribution >= 4 is 19.5 Å². The fraction of sp³-hybridized carbons (Fsp3) is 0.750. The normalized spacial score (nSPS) is 9.25. The van der Waals surface area contributed by atoms with E-state index in [1.54, 1.807) is 6.09 Å². The monoisotopic (exact) mass is 169 g/mol. The SMILES string of the molecule is B=CNCCCCCCC(=O)O. The Morgan fingerprint density at radius 3 is 2.58 bits per heavy atom. The molecule has 0 amide bonds. The van der Waals surface area contributed by atoms with Gasteiger partial charge in [-0.3, -0.25) is 0 Å². The molecule has 68 valence electrons. The molecule has 0 aromatic carbocycles. The van der Waals surface area contributed by atoms with Crippen LogP contribution in [-0.2, 0) is 4.79 Å². The van der Waals surface area contributed by atoms with E-state index in [4.69, 9.17) is 5.11 Å². The maximum atomic E-state index is 10.1. The van der Waals surface area contributed by atoms with Gasteiger partial charge >= 0.3 is 73.4 Å². The molecule has 0 heterocycles. The van der Waals surface area contributed by atoms with Gasteiger partial charge in [-0.1, -0.05) is 0 Å². The van der Waals surface area contributed by atoms with Gasteiger partial charge < -0.3 is 0 Å². The van der Waals surface area contributed by atoms with Gasteiger partial charge in [0.1, 0.15) is 0 Å². The first-order valence-corrected chi connectivity index (χ1v) is 4.33. The summed E-state index contributed by atoms with van der Waals surface area (Å²) >= 11 is 0. The molecule has 0 spiro atoms. The van der Waals surface area contributed by atoms with Gasteiger partial charge in [-0.2, -0.15) is 0 Å². The van der Waals surface area contributed by atoms with Crippen molar-refractivity contribution in [3.05, 3.63) is 0 Å². The zero-order valence-electron chi connectivity index (χ0n) is 7.38. The summed E-state index contributed by atoms with van der Waals surface area (Å²) < 4.78 is 0. The Morgan fingerprint density at radius 1 is 1.33 bits per heavy atom. The number of carboxylic acid groups (broad SMARTS) is 1. The van der Waals surface area contributed by atoms with E-state index in [1.807, 2.05) is 0 Å². The van der Waals surface area contributed by atoms with E-state index in [9.17, 15) is 4.79 Å². The molecule has 0 radical (unpaired) electrons. The summed E-state index contributed by atoms with van der Waals surface area (Å²) in [6.45, 7) is 0.941. The summed E-state index contributed by atoms with van der Waals surface area (Å²) in [6.07, 6.45) is 5.96. The minimum absolute atomic E-state index is 0.300. The molecule has 0 aliphatic heterocycles. The summed E-state index contributed by atoms with van der Waals surface area (Å²) in [5.74, 6) is -0.695. The van der Waals surface area contributed by atoms with Crippen LogP contribution < -0.4 is 5.32 Å². The minimum atomic E-state index is -0.695. The van der Waals surface area contributed by atoms with Crippen LogP contribution in [-0.4, -0.2) is 31.2 Å². The van der Waals surface area contributed by atoms with Crippen molar-refractivity contribution in [2.45, 2.75) is 32.1 Å². The fourth-order valence-electron chi connectivity index (χ4n) is 0.959. The van der Waals surface area contributed by atoms with Gasteiger partial charge in [0, 0.05) is 0 Å². The maximum absolute atomic E-state index is 10.1. The first-order chi connectivity index (χ1) is 5.77. The van der Waals surface area contributed by atoms with E-state index in [2.05, 4.69) is 12.8 Å². The van der Waals surface area contributed by atoms with Crippen LogP contribution in [0.1, 0.15) is 32.1 Å². The number of nitrogens with one attached hydrogen (secondary N) is 1. The third-order valence-electron chi connectivity index (χ3n) is 1.61. The third kappa shape index (κ3) is 9.20. The van der Waals surface area contributed by atoms with Crippen LogP contribution in [0.2, 0.25) is 0 Å². The van der Waals surface area contributed by atoms with E-state index in [0.29, 0.717) is 6.42 Å². The average molecular weight is 169 g/mol. The van der Waals surface area contributed by atoms with E-state index in [-0.39, 0.29) is 0 Å². The van der Waals surface area contributed by atoms with Crippen LogP contribution in [0.5, 0.6) is 0 Å². The Morgan fingerprint density at radius 2 is 2.00 bits per heavy atom. The molecule has 2 N–H and O–H groups in total. The molecule has 12 heavy (non-hydrogen) atoms. The Balaban J connectivity index is 2.90. The molecule has 3 nitrogen and oxygen atoms in total. The molecule has 0 aliphatic carbocycles. The molecule has 0 fully saturated rings. The Bertz CT molecular complexity index is 139. The van der Waals surface area contributed by atoms with E-state index < -0.39 is 5.97 Å². The average Bonchev–Trinajstić information content (AvgIpc) is 2.02. The molecule has 0 atom stereocenters. The first-order valence-electron chi connectivity index (χ1n) is 4.33. The third-order valence-corrected chi connectivity index (χ3v) is 1.61. The van der Waals surface area contributed by atoms with Gasteiger partial charge in [0.25, 0.3) is 0 Å². The molecule has 0 rings (SSSR count). The van der Waals surface area contributed by atoms with Gasteiger partial charge in [-0.25, -0.2) is 0 Å². The molecule has 0 unspecified atom stereocenters. The molecule has 0 aromatic heterocycles. The predicted molar refractivity (Wildman–Crippen MR) is 51.9 cm³/mol. The molecule has 0 saturated heterocycles. The van der Waals surface area contributed by atoms with Crippen LogP contribution in [0.15, 0.2) is 0 Å². The molecule has 0 bridgehead atoms. The number of hydrogen-bond donors (Lipinski definition) is 2. The standard InChI is InChI=1S/C8H16BNO2/c9-7-10-6-4-2-1-3-5-8(11)12/h7,9-10H,1-6H2,(H,11,12). The summed E-state index contributed by atoms with van der Waals surface area (Å²) in [4.78, 5) is 10.1. The topological polar surface area (TPSA) is 49.3 Å². The molecule has 0 aromatic rings. The van der Waals surface area contributed by atoms with Gasteiger partial charge in [0.2, 0.25) is 0 Å². The zero-order valence-corrected chi connectivity index (χ0v) is 7.38. The zero-order chi connectivity index (χ0) is 9.23. The van der Waals surface area contributed by atoms with Crippen molar-refractivity contribution in [2.75, 3.05) is 6.54 Å². The fourth-order valence-corrected chi connectivity index (χ4v) is 0.959. The van der Waals surface area contributed by atoms with Gasteiger partial charge in [-0.15, -0.1) is 0 Å². The number of carbonyl (C=O) groups is 1. The van der Waals surface area contributed by atoms with Crippen LogP contribution >= 0.6 is 0 Å². The van der Waals surface area contributed by atoms with Gasteiger partial charge in [0.05, 0.1) is 0 Å². The van der Waals surface area contributed by atoms with Crippen molar-refractivity contribution in [3.63, 3.8) is 0 Å². The Labute approximate surface area is 74.2 Å². The number of aliphatic carboxylic acids is 1. The van der Waals surface area contributed by atoms with Crippen LogP contribution in [0.25, 0.3) is 0 Å². The van der Waals surface area contributed by atoms with E-state index in [0.717, 1.165) is 32.2 Å². The van der Waals surface area contributed by atoms with Crippen molar-refractivity contribution in [2.24, 2.45) is 0 Å². The van der Waals surface area contributed by atoms with Crippen molar-refractivity contribution in [1.29, 1.82) is 0 Å². The molecule has 0 aliphatic rings. The second kappa shape index (κ2) is 8.30.